The van der Waals surface area contributed by atoms with Gasteiger partial charge >= 0.3 is 0 Å². The van der Waals surface area contributed by atoms with E-state index in [0.717, 1.165) is 18.5 Å². The zero-order valence-corrected chi connectivity index (χ0v) is 10.4. The van der Waals surface area contributed by atoms with Gasteiger partial charge in [0.1, 0.15) is 0 Å². The lowest BCUT2D eigenvalue weighted by atomic mass is 10.0. The summed E-state index contributed by atoms with van der Waals surface area (Å²) in [5.74, 6) is 2.11. The second-order valence-corrected chi connectivity index (χ2v) is 4.95. The van der Waals surface area contributed by atoms with Gasteiger partial charge in [-0.25, -0.2) is 0 Å². The molecule has 1 unspecified atom stereocenters. The van der Waals surface area contributed by atoms with E-state index >= 15 is 0 Å². The van der Waals surface area contributed by atoms with Crippen molar-refractivity contribution < 1.29 is 0 Å². The second-order valence-electron chi connectivity index (χ2n) is 4.03. The summed E-state index contributed by atoms with van der Waals surface area (Å²) in [4.78, 5) is 0. The van der Waals surface area contributed by atoms with Gasteiger partial charge in [0, 0.05) is 11.8 Å². The molecule has 13 heavy (non-hydrogen) atoms. The molecule has 1 N–H and O–H groups in total. The Balaban J connectivity index is 3.44. The monoisotopic (exact) mass is 203 g/mol. The molecule has 0 rings (SSSR count). The zero-order chi connectivity index (χ0) is 10.1. The molecule has 0 saturated heterocycles. The van der Waals surface area contributed by atoms with Crippen molar-refractivity contribution >= 4 is 11.8 Å². The summed E-state index contributed by atoms with van der Waals surface area (Å²) in [6, 6.07) is 0.735. The van der Waals surface area contributed by atoms with E-state index < -0.39 is 0 Å². The molecule has 0 aromatic heterocycles. The number of hydrogen-bond donors (Lipinski definition) is 1. The molecule has 0 radical (unpaired) electrons. The van der Waals surface area contributed by atoms with Crippen molar-refractivity contribution in [3.63, 3.8) is 0 Å². The maximum absolute atomic E-state index is 3.54. The molecule has 80 valence electrons. The van der Waals surface area contributed by atoms with Gasteiger partial charge in [-0.3, -0.25) is 0 Å². The highest BCUT2D eigenvalue weighted by Crippen LogP contribution is 2.10. The van der Waals surface area contributed by atoms with Crippen LogP contribution in [0.4, 0.5) is 0 Å². The molecule has 0 aliphatic heterocycles. The van der Waals surface area contributed by atoms with Gasteiger partial charge < -0.3 is 5.32 Å². The van der Waals surface area contributed by atoms with Crippen molar-refractivity contribution in [2.45, 2.75) is 46.1 Å². The largest absolute Gasteiger partial charge is 0.313 e. The predicted molar refractivity (Wildman–Crippen MR) is 64.5 cm³/mol. The molecule has 0 saturated carbocycles. The third kappa shape index (κ3) is 8.63. The van der Waals surface area contributed by atoms with Crippen LogP contribution < -0.4 is 5.32 Å². The van der Waals surface area contributed by atoms with E-state index in [0.29, 0.717) is 0 Å². The molecule has 0 aromatic carbocycles. The summed E-state index contributed by atoms with van der Waals surface area (Å²) < 4.78 is 0. The Morgan fingerprint density at radius 3 is 2.38 bits per heavy atom. The highest BCUT2D eigenvalue weighted by molar-refractivity contribution is 7.98. The van der Waals surface area contributed by atoms with Crippen molar-refractivity contribution in [3.05, 3.63) is 0 Å². The molecule has 0 aliphatic carbocycles. The van der Waals surface area contributed by atoms with Crippen LogP contribution in [0.5, 0.6) is 0 Å². The Morgan fingerprint density at radius 1 is 1.23 bits per heavy atom. The van der Waals surface area contributed by atoms with Crippen molar-refractivity contribution in [3.8, 4) is 0 Å². The fourth-order valence-corrected chi connectivity index (χ4v) is 2.19. The lowest BCUT2D eigenvalue weighted by molar-refractivity contribution is 0.469. The maximum atomic E-state index is 3.54. The zero-order valence-electron chi connectivity index (χ0n) is 9.60. The molecule has 1 atom stereocenters. The van der Waals surface area contributed by atoms with Crippen LogP contribution in [0.2, 0.25) is 0 Å². The van der Waals surface area contributed by atoms with E-state index in [-0.39, 0.29) is 0 Å². The van der Waals surface area contributed by atoms with Gasteiger partial charge in [0.2, 0.25) is 0 Å². The maximum Gasteiger partial charge on any atom is 0.0157 e. The topological polar surface area (TPSA) is 12.0 Å². The van der Waals surface area contributed by atoms with Gasteiger partial charge in [0.15, 0.2) is 0 Å². The third-order valence-electron chi connectivity index (χ3n) is 2.19. The van der Waals surface area contributed by atoms with Crippen LogP contribution in [0.3, 0.4) is 0 Å². The van der Waals surface area contributed by atoms with Crippen LogP contribution in [0.15, 0.2) is 0 Å². The van der Waals surface area contributed by atoms with Crippen LogP contribution in [-0.2, 0) is 0 Å². The standard InChI is InChI=1S/C11H25NS/c1-5-12-11(9-13-4)8-6-7-10(2)3/h10-12H,5-9H2,1-4H3. The van der Waals surface area contributed by atoms with Crippen LogP contribution in [0.25, 0.3) is 0 Å². The Kier molecular flexibility index (Phi) is 9.10. The van der Waals surface area contributed by atoms with Gasteiger partial charge in [-0.1, -0.05) is 33.6 Å². The molecular weight excluding hydrogens is 178 g/mol. The van der Waals surface area contributed by atoms with Gasteiger partial charge in [-0.05, 0) is 25.1 Å². The highest BCUT2D eigenvalue weighted by Gasteiger charge is 2.05. The predicted octanol–water partition coefficient (Wildman–Crippen LogP) is 3.15. The Bertz CT molecular complexity index is 98.3. The van der Waals surface area contributed by atoms with Crippen LogP contribution in [0, 0.1) is 5.92 Å². The molecule has 0 spiro atoms. The summed E-state index contributed by atoms with van der Waals surface area (Å²) in [7, 11) is 0. The van der Waals surface area contributed by atoms with E-state index in [1.807, 2.05) is 11.8 Å². The molecule has 0 heterocycles. The third-order valence-corrected chi connectivity index (χ3v) is 2.93. The van der Waals surface area contributed by atoms with E-state index in [9.17, 15) is 0 Å². The minimum atomic E-state index is 0.735. The number of thioether (sulfide) groups is 1. The Hall–Kier alpha value is 0.310. The van der Waals surface area contributed by atoms with Crippen molar-refractivity contribution in [2.24, 2.45) is 5.92 Å². The van der Waals surface area contributed by atoms with E-state index in [1.165, 1.54) is 25.0 Å². The molecule has 0 fully saturated rings. The number of nitrogens with one attached hydrogen (secondary N) is 1. The molecule has 0 bridgehead atoms. The Morgan fingerprint density at radius 2 is 1.92 bits per heavy atom. The molecule has 0 amide bonds. The molecule has 2 heteroatoms. The molecular formula is C11H25NS. The van der Waals surface area contributed by atoms with E-state index in [4.69, 9.17) is 0 Å². The summed E-state index contributed by atoms with van der Waals surface area (Å²) in [6.45, 7) is 7.90. The summed E-state index contributed by atoms with van der Waals surface area (Å²) in [6.07, 6.45) is 6.27. The second kappa shape index (κ2) is 8.89. The number of hydrogen-bond acceptors (Lipinski definition) is 2. The first kappa shape index (κ1) is 13.3. The average molecular weight is 203 g/mol. The highest BCUT2D eigenvalue weighted by atomic mass is 32.2. The molecule has 0 aliphatic rings. The van der Waals surface area contributed by atoms with Gasteiger partial charge in [0.25, 0.3) is 0 Å². The van der Waals surface area contributed by atoms with Crippen LogP contribution >= 0.6 is 11.8 Å². The molecule has 1 nitrogen and oxygen atoms in total. The summed E-state index contributed by atoms with van der Waals surface area (Å²) in [5, 5.41) is 3.54. The molecule has 0 aromatic rings. The van der Waals surface area contributed by atoms with Crippen LogP contribution in [0.1, 0.15) is 40.0 Å². The SMILES string of the molecule is CCNC(CCCC(C)C)CSC. The first-order valence-corrected chi connectivity index (χ1v) is 6.82. The minimum Gasteiger partial charge on any atom is -0.313 e. The fourth-order valence-electron chi connectivity index (χ4n) is 1.51. The first-order chi connectivity index (χ1) is 6.20. The lowest BCUT2D eigenvalue weighted by Gasteiger charge is -2.16. The smallest absolute Gasteiger partial charge is 0.0157 e. The van der Waals surface area contributed by atoms with Crippen LogP contribution in [-0.4, -0.2) is 24.6 Å². The average Bonchev–Trinajstić information content (AvgIpc) is 2.04. The van der Waals surface area contributed by atoms with Crippen molar-refractivity contribution in [1.82, 2.24) is 5.32 Å². The van der Waals surface area contributed by atoms with Crippen molar-refractivity contribution in [2.75, 3.05) is 18.6 Å². The quantitative estimate of drug-likeness (QED) is 0.650. The Labute approximate surface area is 88.1 Å². The van der Waals surface area contributed by atoms with E-state index in [2.05, 4.69) is 32.3 Å². The normalized spacial score (nSPS) is 13.6. The first-order valence-electron chi connectivity index (χ1n) is 5.43. The summed E-state index contributed by atoms with van der Waals surface area (Å²) in [5.41, 5.74) is 0. The minimum absolute atomic E-state index is 0.735. The van der Waals surface area contributed by atoms with Crippen molar-refractivity contribution in [1.29, 1.82) is 0 Å². The number of rotatable bonds is 8. The van der Waals surface area contributed by atoms with Gasteiger partial charge in [-0.2, -0.15) is 11.8 Å². The fraction of sp³-hybridized carbons (Fsp3) is 1.00. The van der Waals surface area contributed by atoms with Gasteiger partial charge in [-0.15, -0.1) is 0 Å². The lowest BCUT2D eigenvalue weighted by Crippen LogP contribution is -2.31. The van der Waals surface area contributed by atoms with Gasteiger partial charge in [0.05, 0.1) is 0 Å². The van der Waals surface area contributed by atoms with E-state index in [1.54, 1.807) is 0 Å². The summed E-state index contributed by atoms with van der Waals surface area (Å²) >= 11 is 1.95.